The summed E-state index contributed by atoms with van der Waals surface area (Å²) in [5.41, 5.74) is 2.20. The zero-order valence-electron chi connectivity index (χ0n) is 17.0. The minimum absolute atomic E-state index is 0.0138. The molecule has 0 saturated heterocycles. The van der Waals surface area contributed by atoms with E-state index in [2.05, 4.69) is 10.5 Å². The number of nitrogens with zero attached hydrogens (tertiary/aromatic N) is 3. The highest BCUT2D eigenvalue weighted by molar-refractivity contribution is 6.54. The molecule has 2 aromatic carbocycles. The van der Waals surface area contributed by atoms with Crippen LogP contribution in [0.15, 0.2) is 35.5 Å². The van der Waals surface area contributed by atoms with Crippen LogP contribution in [0.2, 0.25) is 0 Å². The van der Waals surface area contributed by atoms with Crippen LogP contribution in [0.1, 0.15) is 16.7 Å². The predicted octanol–water partition coefficient (Wildman–Crippen LogP) is 1.92. The molecule has 31 heavy (non-hydrogen) atoms. The summed E-state index contributed by atoms with van der Waals surface area (Å²) in [6, 6.07) is 7.47. The monoisotopic (exact) mass is 428 g/mol. The van der Waals surface area contributed by atoms with Crippen LogP contribution in [-0.2, 0) is 27.5 Å². The summed E-state index contributed by atoms with van der Waals surface area (Å²) in [5, 5.41) is 15.3. The molecule has 4 rings (SSSR count). The van der Waals surface area contributed by atoms with Crippen LogP contribution >= 0.6 is 0 Å². The van der Waals surface area contributed by atoms with E-state index in [1.165, 1.54) is 17.0 Å². The van der Waals surface area contributed by atoms with Crippen molar-refractivity contribution >= 4 is 28.9 Å². The van der Waals surface area contributed by atoms with E-state index >= 15 is 0 Å². The molecule has 2 aromatic rings. The number of carbonyl (C=O) groups is 2. The van der Waals surface area contributed by atoms with Gasteiger partial charge in [-0.3, -0.25) is 9.59 Å². The minimum Gasteiger partial charge on any atom is -0.467 e. The summed E-state index contributed by atoms with van der Waals surface area (Å²) in [6.45, 7) is 0.412. The standard InChI is InChI=1S/C21H21FN4O5/c1-25(2)9-18(27)23-15-3-4-16-17(7-15)26(21(28)19(16)24-29)8-12-5-14(22)6-13-10-30-11-31-20(12)13/h3-7,29H,8-11H2,1-2H3,(H,23,27)/b24-19-. The lowest BCUT2D eigenvalue weighted by Gasteiger charge is -2.24. The summed E-state index contributed by atoms with van der Waals surface area (Å²) in [7, 11) is 3.55. The first-order valence-corrected chi connectivity index (χ1v) is 9.52. The summed E-state index contributed by atoms with van der Waals surface area (Å²) in [4.78, 5) is 28.1. The Balaban J connectivity index is 1.69. The fraction of sp³-hybridized carbons (Fsp3) is 0.286. The van der Waals surface area contributed by atoms with Crippen molar-refractivity contribution in [3.63, 3.8) is 0 Å². The molecule has 9 nitrogen and oxygen atoms in total. The highest BCUT2D eigenvalue weighted by atomic mass is 19.1. The number of halogens is 1. The van der Waals surface area contributed by atoms with Gasteiger partial charge in [-0.2, -0.15) is 0 Å². The lowest BCUT2D eigenvalue weighted by Crippen LogP contribution is -2.30. The second-order valence-electron chi connectivity index (χ2n) is 7.52. The number of fused-ring (bicyclic) bond motifs is 2. The predicted molar refractivity (Wildman–Crippen MR) is 110 cm³/mol. The lowest BCUT2D eigenvalue weighted by molar-refractivity contribution is -0.116. The molecule has 0 unspecified atom stereocenters. The lowest BCUT2D eigenvalue weighted by atomic mass is 10.1. The Kier molecular flexibility index (Phi) is 5.57. The number of carbonyl (C=O) groups excluding carboxylic acids is 2. The maximum absolute atomic E-state index is 14.1. The number of likely N-dealkylation sites (N-methyl/N-ethyl adjacent to an activating group) is 1. The van der Waals surface area contributed by atoms with E-state index in [0.29, 0.717) is 33.8 Å². The van der Waals surface area contributed by atoms with Crippen molar-refractivity contribution in [2.24, 2.45) is 5.16 Å². The van der Waals surface area contributed by atoms with Crippen molar-refractivity contribution in [1.82, 2.24) is 4.90 Å². The average molecular weight is 428 g/mol. The number of rotatable bonds is 5. The van der Waals surface area contributed by atoms with Gasteiger partial charge in [0.1, 0.15) is 11.6 Å². The van der Waals surface area contributed by atoms with Gasteiger partial charge < -0.3 is 29.8 Å². The number of benzene rings is 2. The highest BCUT2D eigenvalue weighted by Gasteiger charge is 2.36. The van der Waals surface area contributed by atoms with E-state index in [1.807, 2.05) is 0 Å². The van der Waals surface area contributed by atoms with Crippen molar-refractivity contribution in [3.05, 3.63) is 52.8 Å². The second kappa shape index (κ2) is 8.32. The van der Waals surface area contributed by atoms with Gasteiger partial charge in [0.25, 0.3) is 5.91 Å². The third kappa shape index (κ3) is 4.07. The fourth-order valence-corrected chi connectivity index (χ4v) is 3.67. The molecule has 0 saturated carbocycles. The van der Waals surface area contributed by atoms with Crippen molar-refractivity contribution < 1.29 is 28.7 Å². The molecular formula is C21H21FN4O5. The first-order chi connectivity index (χ1) is 14.9. The van der Waals surface area contributed by atoms with E-state index in [4.69, 9.17) is 9.47 Å². The van der Waals surface area contributed by atoms with E-state index in [-0.39, 0.29) is 38.1 Å². The van der Waals surface area contributed by atoms with E-state index < -0.39 is 11.7 Å². The smallest absolute Gasteiger partial charge is 0.281 e. The van der Waals surface area contributed by atoms with Crippen molar-refractivity contribution in [2.45, 2.75) is 13.2 Å². The van der Waals surface area contributed by atoms with Gasteiger partial charge >= 0.3 is 0 Å². The molecule has 0 aromatic heterocycles. The number of oxime groups is 1. The molecule has 0 spiro atoms. The SMILES string of the molecule is CN(C)CC(=O)Nc1ccc2c(c1)N(Cc1cc(F)cc3c1OCOC3)C(=O)/C2=N\O. The molecular weight excluding hydrogens is 407 g/mol. The van der Waals surface area contributed by atoms with E-state index in [1.54, 1.807) is 37.2 Å². The summed E-state index contributed by atoms with van der Waals surface area (Å²) in [6.07, 6.45) is 0. The number of hydrogen-bond donors (Lipinski definition) is 2. The van der Waals surface area contributed by atoms with Crippen LogP contribution in [0.3, 0.4) is 0 Å². The molecule has 0 aliphatic carbocycles. The molecule has 0 radical (unpaired) electrons. The summed E-state index contributed by atoms with van der Waals surface area (Å²) in [5.74, 6) is -0.772. The zero-order chi connectivity index (χ0) is 22.1. The molecule has 2 aliphatic rings. The molecule has 0 bridgehead atoms. The molecule has 2 amide bonds. The summed E-state index contributed by atoms with van der Waals surface area (Å²) >= 11 is 0. The van der Waals surface area contributed by atoms with Gasteiger partial charge in [0.2, 0.25) is 5.91 Å². The van der Waals surface area contributed by atoms with E-state index in [0.717, 1.165) is 0 Å². The Hall–Kier alpha value is -3.50. The molecule has 2 heterocycles. The Morgan fingerprint density at radius 2 is 2.13 bits per heavy atom. The quantitative estimate of drug-likeness (QED) is 0.557. The van der Waals surface area contributed by atoms with Crippen molar-refractivity contribution in [1.29, 1.82) is 0 Å². The molecule has 10 heteroatoms. The molecule has 2 N–H and O–H groups in total. The Bertz CT molecular complexity index is 1090. The Morgan fingerprint density at radius 1 is 1.32 bits per heavy atom. The Morgan fingerprint density at radius 3 is 2.87 bits per heavy atom. The number of amides is 2. The fourth-order valence-electron chi connectivity index (χ4n) is 3.67. The second-order valence-corrected chi connectivity index (χ2v) is 7.52. The molecule has 0 atom stereocenters. The number of hydrogen-bond acceptors (Lipinski definition) is 7. The largest absolute Gasteiger partial charge is 0.467 e. The molecule has 0 fully saturated rings. The highest BCUT2D eigenvalue weighted by Crippen LogP contribution is 2.36. The first kappa shape index (κ1) is 20.8. The summed E-state index contributed by atoms with van der Waals surface area (Å²) < 4.78 is 24.9. The topological polar surface area (TPSA) is 104 Å². The van der Waals surface area contributed by atoms with Gasteiger partial charge in [0.05, 0.1) is 25.4 Å². The average Bonchev–Trinajstić information content (AvgIpc) is 2.97. The number of ether oxygens (including phenoxy) is 2. The normalized spacial score (nSPS) is 16.3. The van der Waals surface area contributed by atoms with Gasteiger partial charge in [-0.05, 0) is 44.4 Å². The third-order valence-electron chi connectivity index (χ3n) is 4.92. The van der Waals surface area contributed by atoms with Crippen LogP contribution in [-0.4, -0.2) is 55.1 Å². The van der Waals surface area contributed by atoms with Gasteiger partial charge in [-0.25, -0.2) is 4.39 Å². The van der Waals surface area contributed by atoms with Gasteiger partial charge in [0.15, 0.2) is 12.5 Å². The van der Waals surface area contributed by atoms with Crippen LogP contribution in [0.25, 0.3) is 0 Å². The minimum atomic E-state index is -0.542. The van der Waals surface area contributed by atoms with E-state index in [9.17, 15) is 19.2 Å². The van der Waals surface area contributed by atoms with Crippen LogP contribution in [0.4, 0.5) is 15.8 Å². The van der Waals surface area contributed by atoms with Crippen molar-refractivity contribution in [3.8, 4) is 5.75 Å². The Labute approximate surface area is 177 Å². The van der Waals surface area contributed by atoms with Crippen LogP contribution in [0, 0.1) is 5.82 Å². The number of nitrogens with one attached hydrogen (secondary N) is 1. The maximum Gasteiger partial charge on any atom is 0.281 e. The van der Waals surface area contributed by atoms with Crippen LogP contribution in [0.5, 0.6) is 5.75 Å². The number of anilines is 2. The molecule has 162 valence electrons. The zero-order valence-corrected chi connectivity index (χ0v) is 17.0. The maximum atomic E-state index is 14.1. The van der Waals surface area contributed by atoms with Crippen LogP contribution < -0.4 is 15.0 Å². The van der Waals surface area contributed by atoms with Gasteiger partial charge in [-0.1, -0.05) is 5.16 Å². The van der Waals surface area contributed by atoms with Crippen molar-refractivity contribution in [2.75, 3.05) is 37.6 Å². The van der Waals surface area contributed by atoms with Gasteiger partial charge in [-0.15, -0.1) is 0 Å². The third-order valence-corrected chi connectivity index (χ3v) is 4.92. The van der Waals surface area contributed by atoms with Gasteiger partial charge in [0, 0.05) is 22.4 Å². The molecule has 2 aliphatic heterocycles. The first-order valence-electron chi connectivity index (χ1n) is 9.52.